The Morgan fingerprint density at radius 1 is 1.16 bits per heavy atom. The maximum absolute atomic E-state index is 11.6. The van der Waals surface area contributed by atoms with E-state index in [9.17, 15) is 4.79 Å². The van der Waals surface area contributed by atoms with Crippen molar-refractivity contribution in [3.8, 4) is 0 Å². The average Bonchev–Trinajstić information content (AvgIpc) is 3.11. The molecule has 134 valence electrons. The molecule has 2 fully saturated rings. The molecule has 1 saturated carbocycles. The number of hydrogen-bond acceptors (Lipinski definition) is 4. The first kappa shape index (κ1) is 16.5. The van der Waals surface area contributed by atoms with Crippen LogP contribution in [0.25, 0.3) is 0 Å². The van der Waals surface area contributed by atoms with Gasteiger partial charge < -0.3 is 9.55 Å². The lowest BCUT2D eigenvalue weighted by molar-refractivity contribution is 0.191. The molecule has 0 spiro atoms. The van der Waals surface area contributed by atoms with Gasteiger partial charge in [-0.1, -0.05) is 19.3 Å². The van der Waals surface area contributed by atoms with Crippen LogP contribution in [0.1, 0.15) is 68.3 Å². The van der Waals surface area contributed by atoms with Gasteiger partial charge in [-0.2, -0.15) is 0 Å². The molecule has 1 atom stereocenters. The van der Waals surface area contributed by atoms with Crippen molar-refractivity contribution in [3.63, 3.8) is 0 Å². The maximum atomic E-state index is 11.6. The topological polar surface area (TPSA) is 66.8 Å². The van der Waals surface area contributed by atoms with Gasteiger partial charge in [0.1, 0.15) is 0 Å². The van der Waals surface area contributed by atoms with Crippen LogP contribution in [0.3, 0.4) is 0 Å². The van der Waals surface area contributed by atoms with Crippen molar-refractivity contribution in [2.45, 2.75) is 63.5 Å². The van der Waals surface area contributed by atoms with Gasteiger partial charge in [-0.25, -0.2) is 9.97 Å². The molecule has 0 radical (unpaired) electrons. The highest BCUT2D eigenvalue weighted by Gasteiger charge is 2.24. The molecule has 2 aromatic rings. The molecular weight excluding hydrogens is 314 g/mol. The molecule has 6 nitrogen and oxygen atoms in total. The highest BCUT2D eigenvalue weighted by Crippen LogP contribution is 2.30. The molecule has 25 heavy (non-hydrogen) atoms. The molecule has 6 heteroatoms. The van der Waals surface area contributed by atoms with Crippen molar-refractivity contribution < 1.29 is 0 Å². The van der Waals surface area contributed by atoms with E-state index in [1.807, 2.05) is 12.5 Å². The number of hydrogen-bond donors (Lipinski definition) is 1. The Balaban J connectivity index is 1.44. The van der Waals surface area contributed by atoms with Crippen molar-refractivity contribution in [1.29, 1.82) is 0 Å². The largest absolute Gasteiger partial charge is 0.330 e. The molecule has 1 saturated heterocycles. The van der Waals surface area contributed by atoms with Crippen LogP contribution in [-0.4, -0.2) is 37.5 Å². The van der Waals surface area contributed by atoms with Gasteiger partial charge in [0.15, 0.2) is 0 Å². The Bertz CT molecular complexity index is 746. The lowest BCUT2D eigenvalue weighted by Crippen LogP contribution is -2.35. The zero-order valence-corrected chi connectivity index (χ0v) is 14.7. The second-order valence-corrected chi connectivity index (χ2v) is 7.49. The van der Waals surface area contributed by atoms with Gasteiger partial charge in [0.05, 0.1) is 24.0 Å². The Morgan fingerprint density at radius 2 is 2.04 bits per heavy atom. The van der Waals surface area contributed by atoms with Crippen molar-refractivity contribution in [2.75, 3.05) is 13.1 Å². The number of aromatic nitrogens is 4. The van der Waals surface area contributed by atoms with Crippen LogP contribution in [0.2, 0.25) is 0 Å². The van der Waals surface area contributed by atoms with E-state index < -0.39 is 0 Å². The summed E-state index contributed by atoms with van der Waals surface area (Å²) in [5.74, 6) is 0.349. The molecule has 2 aliphatic rings. The van der Waals surface area contributed by atoms with Gasteiger partial charge in [-0.3, -0.25) is 9.69 Å². The summed E-state index contributed by atoms with van der Waals surface area (Å²) in [7, 11) is 0. The first-order valence-corrected chi connectivity index (χ1v) is 9.57. The van der Waals surface area contributed by atoms with E-state index in [4.69, 9.17) is 0 Å². The van der Waals surface area contributed by atoms with Crippen molar-refractivity contribution >= 4 is 0 Å². The van der Waals surface area contributed by atoms with E-state index in [0.29, 0.717) is 12.0 Å². The number of rotatable bonds is 4. The van der Waals surface area contributed by atoms with Crippen LogP contribution in [0, 0.1) is 0 Å². The van der Waals surface area contributed by atoms with Crippen molar-refractivity contribution in [2.24, 2.45) is 0 Å². The van der Waals surface area contributed by atoms with Gasteiger partial charge in [0.25, 0.3) is 5.56 Å². The minimum absolute atomic E-state index is 0.0579. The molecule has 0 bridgehead atoms. The summed E-state index contributed by atoms with van der Waals surface area (Å²) in [6.07, 6.45) is 14.4. The van der Waals surface area contributed by atoms with E-state index in [-0.39, 0.29) is 5.56 Å². The first-order chi connectivity index (χ1) is 12.3. The van der Waals surface area contributed by atoms with E-state index >= 15 is 0 Å². The average molecular weight is 341 g/mol. The monoisotopic (exact) mass is 341 g/mol. The zero-order chi connectivity index (χ0) is 17.1. The first-order valence-electron chi connectivity index (χ1n) is 9.57. The second-order valence-electron chi connectivity index (χ2n) is 7.49. The Morgan fingerprint density at radius 3 is 2.88 bits per heavy atom. The lowest BCUT2D eigenvalue weighted by atomic mass is 9.94. The fourth-order valence-corrected chi connectivity index (χ4v) is 4.42. The van der Waals surface area contributed by atoms with Gasteiger partial charge in [-0.15, -0.1) is 0 Å². The second kappa shape index (κ2) is 7.52. The van der Waals surface area contributed by atoms with Crippen LogP contribution in [0.4, 0.5) is 0 Å². The highest BCUT2D eigenvalue weighted by molar-refractivity contribution is 5.09. The molecule has 0 amide bonds. The summed E-state index contributed by atoms with van der Waals surface area (Å²) >= 11 is 0. The highest BCUT2D eigenvalue weighted by atomic mass is 16.1. The maximum Gasteiger partial charge on any atom is 0.250 e. The third kappa shape index (κ3) is 3.84. The quantitative estimate of drug-likeness (QED) is 0.928. The summed E-state index contributed by atoms with van der Waals surface area (Å²) in [5, 5.41) is 0. The summed E-state index contributed by atoms with van der Waals surface area (Å²) < 4.78 is 2.41. The van der Waals surface area contributed by atoms with Gasteiger partial charge >= 0.3 is 0 Å². The number of nitrogens with one attached hydrogen (secondary N) is 1. The number of likely N-dealkylation sites (tertiary alicyclic amines) is 1. The summed E-state index contributed by atoms with van der Waals surface area (Å²) in [6.45, 7) is 3.01. The molecule has 3 heterocycles. The van der Waals surface area contributed by atoms with Gasteiger partial charge in [-0.05, 0) is 32.2 Å². The number of H-pyrrole nitrogens is 1. The fraction of sp³-hybridized carbons (Fsp3) is 0.632. The van der Waals surface area contributed by atoms with E-state index in [2.05, 4.69) is 24.4 Å². The van der Waals surface area contributed by atoms with Crippen LogP contribution in [-0.2, 0) is 6.54 Å². The summed E-state index contributed by atoms with van der Waals surface area (Å²) in [5.41, 5.74) is 2.19. The van der Waals surface area contributed by atoms with Crippen LogP contribution in [0.15, 0.2) is 29.7 Å². The Hall–Kier alpha value is -1.95. The summed E-state index contributed by atoms with van der Waals surface area (Å²) in [6, 6.07) is 2.28. The zero-order valence-electron chi connectivity index (χ0n) is 14.7. The Labute approximate surface area is 148 Å². The van der Waals surface area contributed by atoms with Crippen LogP contribution in [0.5, 0.6) is 0 Å². The number of aromatic amines is 1. The van der Waals surface area contributed by atoms with Crippen molar-refractivity contribution in [3.05, 3.63) is 46.7 Å². The van der Waals surface area contributed by atoms with Crippen molar-refractivity contribution in [1.82, 2.24) is 24.4 Å². The van der Waals surface area contributed by atoms with E-state index in [0.717, 1.165) is 38.2 Å². The van der Waals surface area contributed by atoms with E-state index in [1.165, 1.54) is 44.1 Å². The molecular formula is C19H27N5O. The third-order valence-electron chi connectivity index (χ3n) is 5.72. The van der Waals surface area contributed by atoms with E-state index in [1.54, 1.807) is 6.07 Å². The molecule has 2 aromatic heterocycles. The predicted molar refractivity (Wildman–Crippen MR) is 96.5 cm³/mol. The molecule has 1 aliphatic heterocycles. The Kier molecular flexibility index (Phi) is 4.97. The molecule has 0 unspecified atom stereocenters. The third-order valence-corrected chi connectivity index (χ3v) is 5.72. The molecule has 4 rings (SSSR count). The standard InChI is InChI=1S/C19H27N5O/c25-19-9-18(21-13-22-19)15-5-4-8-23(11-15)12-17-10-20-14-24(17)16-6-2-1-3-7-16/h9-10,13-16H,1-8,11-12H2,(H,21,22,25)/t15-/m0/s1. The molecule has 0 aromatic carbocycles. The van der Waals surface area contributed by atoms with Gasteiger partial charge in [0.2, 0.25) is 0 Å². The number of nitrogens with zero attached hydrogens (tertiary/aromatic N) is 4. The fourth-order valence-electron chi connectivity index (χ4n) is 4.42. The minimum Gasteiger partial charge on any atom is -0.330 e. The van der Waals surface area contributed by atoms with Crippen LogP contribution >= 0.6 is 0 Å². The number of piperidine rings is 1. The van der Waals surface area contributed by atoms with Crippen LogP contribution < -0.4 is 5.56 Å². The lowest BCUT2D eigenvalue weighted by Gasteiger charge is -2.33. The van der Waals surface area contributed by atoms with Gasteiger partial charge in [0, 0.05) is 37.3 Å². The number of imidazole rings is 1. The molecule has 1 N–H and O–H groups in total. The normalized spacial score (nSPS) is 23.0. The summed E-state index contributed by atoms with van der Waals surface area (Å²) in [4.78, 5) is 25.5. The smallest absolute Gasteiger partial charge is 0.250 e. The molecule has 1 aliphatic carbocycles. The predicted octanol–water partition coefficient (Wildman–Crippen LogP) is 2.85. The minimum atomic E-state index is -0.0579. The SMILES string of the molecule is O=c1cc([C@H]2CCCN(Cc3cncn3C3CCCCC3)C2)nc[nH]1.